The molecule has 2 amide bonds. The number of likely N-dealkylation sites (N-methyl/N-ethyl adjacent to an activating group) is 1. The average molecular weight is 415 g/mol. The van der Waals surface area contributed by atoms with Crippen molar-refractivity contribution in [3.63, 3.8) is 0 Å². The number of rotatable bonds is 7. The maximum absolute atomic E-state index is 12.5. The molecule has 1 aliphatic rings. The van der Waals surface area contributed by atoms with Crippen molar-refractivity contribution in [3.05, 3.63) is 23.8 Å². The number of amides is 2. The quantitative estimate of drug-likeness (QED) is 0.725. The van der Waals surface area contributed by atoms with Gasteiger partial charge in [-0.3, -0.25) is 10.2 Å². The summed E-state index contributed by atoms with van der Waals surface area (Å²) in [7, 11) is 2.17. The molecule has 2 N–H and O–H groups in total. The molecule has 0 aliphatic carbocycles. The number of urea groups is 1. The Bertz CT molecular complexity index is 868. The maximum Gasteiger partial charge on any atom is 0.321 e. The van der Waals surface area contributed by atoms with Gasteiger partial charge in [0.15, 0.2) is 5.13 Å². The van der Waals surface area contributed by atoms with Crippen molar-refractivity contribution in [2.75, 3.05) is 38.5 Å². The Morgan fingerprint density at radius 3 is 2.69 bits per heavy atom. The Morgan fingerprint density at radius 1 is 1.28 bits per heavy atom. The van der Waals surface area contributed by atoms with Gasteiger partial charge < -0.3 is 10.2 Å². The van der Waals surface area contributed by atoms with E-state index in [9.17, 15) is 4.79 Å². The van der Waals surface area contributed by atoms with E-state index in [1.54, 1.807) is 12.1 Å². The molecular weight excluding hydrogens is 384 g/mol. The highest BCUT2D eigenvalue weighted by Crippen LogP contribution is 2.26. The third-order valence-corrected chi connectivity index (χ3v) is 6.58. The van der Waals surface area contributed by atoms with E-state index in [1.807, 2.05) is 6.07 Å². The van der Waals surface area contributed by atoms with Crippen LogP contribution in [-0.4, -0.2) is 66.1 Å². The zero-order valence-corrected chi connectivity index (χ0v) is 18.3. The zero-order chi connectivity index (χ0) is 20.8. The van der Waals surface area contributed by atoms with Crippen LogP contribution in [0.1, 0.15) is 38.7 Å². The lowest BCUT2D eigenvalue weighted by molar-refractivity contribution is 0.0987. The summed E-state index contributed by atoms with van der Waals surface area (Å²) in [4.78, 5) is 21.9. The van der Waals surface area contributed by atoms with Crippen LogP contribution in [0.5, 0.6) is 0 Å². The first-order valence-electron chi connectivity index (χ1n) is 10.3. The van der Waals surface area contributed by atoms with E-state index in [2.05, 4.69) is 52.4 Å². The molecule has 0 radical (unpaired) electrons. The Hall–Kier alpha value is -2.21. The number of nitrogens with zero attached hydrogens (tertiary/aromatic N) is 4. The summed E-state index contributed by atoms with van der Waals surface area (Å²) in [6, 6.07) is 7.87. The molecule has 1 fully saturated rings. The highest BCUT2D eigenvalue weighted by Gasteiger charge is 2.24. The second kappa shape index (κ2) is 10.0. The van der Waals surface area contributed by atoms with Gasteiger partial charge in [0.05, 0.1) is 21.8 Å². The monoisotopic (exact) mass is 414 g/mol. The predicted molar refractivity (Wildman–Crippen MR) is 118 cm³/mol. The van der Waals surface area contributed by atoms with E-state index in [4.69, 9.17) is 5.26 Å². The summed E-state index contributed by atoms with van der Waals surface area (Å²) in [6.07, 6.45) is 2.93. The number of fused-ring (bicyclic) bond motifs is 1. The minimum Gasteiger partial charge on any atom is -0.335 e. The van der Waals surface area contributed by atoms with E-state index in [0.29, 0.717) is 16.7 Å². The Kier molecular flexibility index (Phi) is 7.42. The first-order valence-corrected chi connectivity index (χ1v) is 11.1. The average Bonchev–Trinajstić information content (AvgIpc) is 3.12. The van der Waals surface area contributed by atoms with Crippen molar-refractivity contribution < 1.29 is 4.79 Å². The summed E-state index contributed by atoms with van der Waals surface area (Å²) in [6.45, 7) is 8.73. The predicted octanol–water partition coefficient (Wildman–Crippen LogP) is 3.48. The Labute approximate surface area is 176 Å². The number of nitriles is 1. The molecule has 2 heterocycles. The minimum absolute atomic E-state index is 0.124. The molecule has 3 rings (SSSR count). The molecule has 1 saturated heterocycles. The lowest BCUT2D eigenvalue weighted by atomic mass is 10.0. The summed E-state index contributed by atoms with van der Waals surface area (Å²) >= 11 is 1.38. The van der Waals surface area contributed by atoms with Crippen LogP contribution in [0.2, 0.25) is 0 Å². The van der Waals surface area contributed by atoms with Crippen LogP contribution in [0.25, 0.3) is 10.2 Å². The maximum atomic E-state index is 12.5. The topological polar surface area (TPSA) is 84.3 Å². The normalized spacial score (nSPS) is 17.6. The molecule has 29 heavy (non-hydrogen) atoms. The summed E-state index contributed by atoms with van der Waals surface area (Å²) in [5.41, 5.74) is 1.38. The highest BCUT2D eigenvalue weighted by molar-refractivity contribution is 7.22. The lowest BCUT2D eigenvalue weighted by Gasteiger charge is -2.39. The van der Waals surface area contributed by atoms with Crippen LogP contribution in [0.4, 0.5) is 9.93 Å². The van der Waals surface area contributed by atoms with Crippen LogP contribution in [0.15, 0.2) is 18.2 Å². The highest BCUT2D eigenvalue weighted by atomic mass is 32.1. The second-order valence-electron chi connectivity index (χ2n) is 7.65. The van der Waals surface area contributed by atoms with Gasteiger partial charge in [-0.25, -0.2) is 9.78 Å². The van der Waals surface area contributed by atoms with Gasteiger partial charge in [0, 0.05) is 38.3 Å². The van der Waals surface area contributed by atoms with Crippen molar-refractivity contribution in [2.45, 2.75) is 45.2 Å². The summed E-state index contributed by atoms with van der Waals surface area (Å²) < 4.78 is 0.896. The first kappa shape index (κ1) is 21.5. The van der Waals surface area contributed by atoms with Crippen LogP contribution in [0.3, 0.4) is 0 Å². The number of carbonyl (C=O) groups is 1. The number of carbonyl (C=O) groups excluding carboxylic acids is 1. The molecule has 7 nitrogen and oxygen atoms in total. The van der Waals surface area contributed by atoms with Crippen LogP contribution < -0.4 is 10.6 Å². The fraction of sp³-hybridized carbons (Fsp3) is 0.571. The van der Waals surface area contributed by atoms with E-state index in [0.717, 1.165) is 55.7 Å². The van der Waals surface area contributed by atoms with Gasteiger partial charge in [0.1, 0.15) is 0 Å². The smallest absolute Gasteiger partial charge is 0.321 e. The largest absolute Gasteiger partial charge is 0.335 e. The van der Waals surface area contributed by atoms with Gasteiger partial charge >= 0.3 is 6.03 Å². The van der Waals surface area contributed by atoms with Crippen LogP contribution in [0, 0.1) is 11.3 Å². The van der Waals surface area contributed by atoms with Crippen LogP contribution in [-0.2, 0) is 0 Å². The fourth-order valence-corrected chi connectivity index (χ4v) is 4.68. The molecular formula is C21H30N6OS. The number of aromatic nitrogens is 1. The van der Waals surface area contributed by atoms with Gasteiger partial charge in [-0.2, -0.15) is 5.26 Å². The van der Waals surface area contributed by atoms with Crippen molar-refractivity contribution >= 4 is 32.7 Å². The van der Waals surface area contributed by atoms with Gasteiger partial charge in [-0.1, -0.05) is 25.2 Å². The summed E-state index contributed by atoms with van der Waals surface area (Å²) in [5.74, 6) is 0. The van der Waals surface area contributed by atoms with Crippen LogP contribution >= 0.6 is 11.3 Å². The van der Waals surface area contributed by atoms with E-state index >= 15 is 0 Å². The third kappa shape index (κ3) is 5.66. The molecule has 2 atom stereocenters. The molecule has 2 aromatic rings. The molecule has 8 heteroatoms. The number of benzene rings is 1. The number of anilines is 1. The first-order chi connectivity index (χ1) is 14.0. The standard InChI is InChI=1S/C21H30N6OS/c1-4-16(13-17(5-2)27-10-8-26(3)9-11-27)23-20(28)25-21-24-18-7-6-15(14-22)12-19(18)29-21/h6-7,12,16-17H,4-5,8-11,13H2,1-3H3,(H2,23,24,25,28). The molecule has 1 aromatic heterocycles. The number of thiazole rings is 1. The second-order valence-corrected chi connectivity index (χ2v) is 8.68. The number of hydrogen-bond acceptors (Lipinski definition) is 6. The Balaban J connectivity index is 1.57. The van der Waals surface area contributed by atoms with Gasteiger partial charge in [0.2, 0.25) is 0 Å². The molecule has 1 aromatic carbocycles. The SMILES string of the molecule is CCC(CC(CC)N1CCN(C)CC1)NC(=O)Nc1nc2ccc(C#N)cc2s1. The van der Waals surface area contributed by atoms with Crippen molar-refractivity contribution in [1.82, 2.24) is 20.1 Å². The zero-order valence-electron chi connectivity index (χ0n) is 17.4. The fourth-order valence-electron chi connectivity index (χ4n) is 3.78. The van der Waals surface area contributed by atoms with Gasteiger partial charge in [-0.05, 0) is 44.5 Å². The molecule has 0 spiro atoms. The Morgan fingerprint density at radius 2 is 2.03 bits per heavy atom. The molecule has 0 bridgehead atoms. The number of nitrogens with one attached hydrogen (secondary N) is 2. The third-order valence-electron chi connectivity index (χ3n) is 5.65. The van der Waals surface area contributed by atoms with E-state index in [1.165, 1.54) is 11.3 Å². The van der Waals surface area contributed by atoms with Crippen molar-refractivity contribution in [1.29, 1.82) is 5.26 Å². The lowest BCUT2D eigenvalue weighted by Crippen LogP contribution is -2.51. The number of hydrogen-bond donors (Lipinski definition) is 2. The molecule has 2 unspecified atom stereocenters. The molecule has 1 aliphatic heterocycles. The minimum atomic E-state index is -0.218. The molecule has 156 valence electrons. The number of piperazine rings is 1. The van der Waals surface area contributed by atoms with Crippen molar-refractivity contribution in [2.24, 2.45) is 0 Å². The van der Waals surface area contributed by atoms with Gasteiger partial charge in [-0.15, -0.1) is 0 Å². The molecule has 0 saturated carbocycles. The van der Waals surface area contributed by atoms with Crippen molar-refractivity contribution in [3.8, 4) is 6.07 Å². The van der Waals surface area contributed by atoms with E-state index in [-0.39, 0.29) is 12.1 Å². The van der Waals surface area contributed by atoms with E-state index < -0.39 is 0 Å². The summed E-state index contributed by atoms with van der Waals surface area (Å²) in [5, 5.41) is 15.6. The van der Waals surface area contributed by atoms with Gasteiger partial charge in [0.25, 0.3) is 0 Å².